The van der Waals surface area contributed by atoms with Crippen molar-refractivity contribution in [2.45, 2.75) is 44.6 Å². The van der Waals surface area contributed by atoms with Crippen LogP contribution in [0.25, 0.3) is 11.5 Å². The van der Waals surface area contributed by atoms with E-state index in [0.29, 0.717) is 34.5 Å². The van der Waals surface area contributed by atoms with Crippen molar-refractivity contribution >= 4 is 17.5 Å². The summed E-state index contributed by atoms with van der Waals surface area (Å²) < 4.78 is 5.66. The molecule has 0 saturated heterocycles. The molecule has 1 aromatic carbocycles. The van der Waals surface area contributed by atoms with Gasteiger partial charge in [-0.1, -0.05) is 36.6 Å². The lowest BCUT2D eigenvalue weighted by molar-refractivity contribution is -0.121. The van der Waals surface area contributed by atoms with E-state index >= 15 is 0 Å². The monoisotopic (exact) mass is 348 g/mol. The third kappa shape index (κ3) is 3.79. The normalized spacial score (nSPS) is 16.3. The molecule has 0 bridgehead atoms. The summed E-state index contributed by atoms with van der Waals surface area (Å²) in [5.74, 6) is 0.840. The fourth-order valence-electron chi connectivity index (χ4n) is 3.03. The van der Waals surface area contributed by atoms with Gasteiger partial charge in [-0.25, -0.2) is 4.98 Å². The van der Waals surface area contributed by atoms with Crippen LogP contribution in [0.1, 0.15) is 37.1 Å². The van der Waals surface area contributed by atoms with Gasteiger partial charge in [0.05, 0.1) is 28.3 Å². The predicted molar refractivity (Wildman–Crippen MR) is 91.8 cm³/mol. The van der Waals surface area contributed by atoms with Gasteiger partial charge < -0.3 is 14.8 Å². The lowest BCUT2D eigenvalue weighted by Gasteiger charge is -2.22. The molecule has 5 nitrogen and oxygen atoms in total. The highest BCUT2D eigenvalue weighted by Crippen LogP contribution is 2.29. The molecular formula is C18H21ClN2O3. The Kier molecular flexibility index (Phi) is 4.92. The maximum Gasteiger partial charge on any atom is 0.228 e. The van der Waals surface area contributed by atoms with E-state index in [1.807, 2.05) is 18.2 Å². The maximum absolute atomic E-state index is 12.1. The number of carbonyl (C=O) groups is 1. The maximum atomic E-state index is 12.1. The number of aliphatic hydroxyl groups is 1. The SMILES string of the molecule is Cc1oc(-c2ccccc2Cl)nc1CC(=O)NCC1(O)CCCC1. The largest absolute Gasteiger partial charge is 0.441 e. The van der Waals surface area contributed by atoms with Crippen LogP contribution in [-0.4, -0.2) is 28.1 Å². The average Bonchev–Trinajstić information content (AvgIpc) is 3.13. The van der Waals surface area contributed by atoms with Gasteiger partial charge in [-0.2, -0.15) is 0 Å². The zero-order valence-electron chi connectivity index (χ0n) is 13.6. The number of nitrogens with zero attached hydrogens (tertiary/aromatic N) is 1. The fourth-order valence-corrected chi connectivity index (χ4v) is 3.25. The molecular weight excluding hydrogens is 328 g/mol. The Labute approximate surface area is 146 Å². The number of hydrogen-bond acceptors (Lipinski definition) is 4. The Bertz CT molecular complexity index is 736. The van der Waals surface area contributed by atoms with E-state index in [-0.39, 0.29) is 12.3 Å². The number of amides is 1. The summed E-state index contributed by atoms with van der Waals surface area (Å²) in [7, 11) is 0. The first-order valence-corrected chi connectivity index (χ1v) is 8.55. The molecule has 0 spiro atoms. The van der Waals surface area contributed by atoms with Gasteiger partial charge in [0, 0.05) is 6.54 Å². The standard InChI is InChI=1S/C18H21ClN2O3/c1-12-15(10-16(22)20-11-18(23)8-4-5-9-18)21-17(24-12)13-6-2-3-7-14(13)19/h2-3,6-7,23H,4-5,8-11H2,1H3,(H,20,22). The second-order valence-corrected chi connectivity index (χ2v) is 6.79. The highest BCUT2D eigenvalue weighted by atomic mass is 35.5. The number of nitrogens with one attached hydrogen (secondary N) is 1. The molecule has 2 N–H and O–H groups in total. The van der Waals surface area contributed by atoms with Crippen molar-refractivity contribution < 1.29 is 14.3 Å². The van der Waals surface area contributed by atoms with Crippen LogP contribution in [0.5, 0.6) is 0 Å². The van der Waals surface area contributed by atoms with Crippen molar-refractivity contribution in [3.8, 4) is 11.5 Å². The zero-order valence-corrected chi connectivity index (χ0v) is 14.4. The summed E-state index contributed by atoms with van der Waals surface area (Å²) in [5.41, 5.74) is 0.534. The van der Waals surface area contributed by atoms with Gasteiger partial charge in [-0.05, 0) is 31.9 Å². The number of benzene rings is 1. The first-order valence-electron chi connectivity index (χ1n) is 8.17. The summed E-state index contributed by atoms with van der Waals surface area (Å²) in [6.45, 7) is 2.07. The minimum Gasteiger partial charge on any atom is -0.441 e. The second kappa shape index (κ2) is 6.95. The summed E-state index contributed by atoms with van der Waals surface area (Å²) in [5, 5.41) is 13.6. The van der Waals surface area contributed by atoms with Gasteiger partial charge in [0.1, 0.15) is 5.76 Å². The Balaban J connectivity index is 1.65. The summed E-state index contributed by atoms with van der Waals surface area (Å²) in [6.07, 6.45) is 3.63. The molecule has 24 heavy (non-hydrogen) atoms. The molecule has 1 saturated carbocycles. The first-order chi connectivity index (χ1) is 11.5. The van der Waals surface area contributed by atoms with Crippen molar-refractivity contribution in [1.82, 2.24) is 10.3 Å². The summed E-state index contributed by atoms with van der Waals surface area (Å²) in [6, 6.07) is 7.29. The minimum atomic E-state index is -0.753. The minimum absolute atomic E-state index is 0.121. The number of aryl methyl sites for hydroxylation is 1. The topological polar surface area (TPSA) is 75.4 Å². The fraction of sp³-hybridized carbons (Fsp3) is 0.444. The molecule has 1 amide bonds. The molecule has 0 unspecified atom stereocenters. The summed E-state index contributed by atoms with van der Waals surface area (Å²) in [4.78, 5) is 16.5. The Morgan fingerprint density at radius 3 is 2.79 bits per heavy atom. The molecule has 1 aromatic heterocycles. The smallest absolute Gasteiger partial charge is 0.228 e. The molecule has 1 aliphatic carbocycles. The van der Waals surface area contributed by atoms with E-state index in [4.69, 9.17) is 16.0 Å². The number of oxazole rings is 1. The van der Waals surface area contributed by atoms with Crippen LogP contribution in [0.2, 0.25) is 5.02 Å². The molecule has 2 aromatic rings. The third-order valence-electron chi connectivity index (χ3n) is 4.47. The van der Waals surface area contributed by atoms with E-state index in [9.17, 15) is 9.90 Å². The summed E-state index contributed by atoms with van der Waals surface area (Å²) >= 11 is 6.16. The van der Waals surface area contributed by atoms with Gasteiger partial charge >= 0.3 is 0 Å². The van der Waals surface area contributed by atoms with Crippen LogP contribution in [0.15, 0.2) is 28.7 Å². The van der Waals surface area contributed by atoms with Crippen LogP contribution in [-0.2, 0) is 11.2 Å². The average molecular weight is 349 g/mol. The number of rotatable bonds is 5. The van der Waals surface area contributed by atoms with Crippen molar-refractivity contribution in [2.24, 2.45) is 0 Å². The van der Waals surface area contributed by atoms with Crippen LogP contribution in [0.3, 0.4) is 0 Å². The Morgan fingerprint density at radius 1 is 1.38 bits per heavy atom. The van der Waals surface area contributed by atoms with E-state index in [0.717, 1.165) is 25.7 Å². The molecule has 128 valence electrons. The highest BCUT2D eigenvalue weighted by molar-refractivity contribution is 6.33. The number of carbonyl (C=O) groups excluding carboxylic acids is 1. The molecule has 0 radical (unpaired) electrons. The van der Waals surface area contributed by atoms with Gasteiger partial charge in [0.25, 0.3) is 0 Å². The van der Waals surface area contributed by atoms with Crippen LogP contribution in [0, 0.1) is 6.92 Å². The van der Waals surface area contributed by atoms with Crippen molar-refractivity contribution in [3.05, 3.63) is 40.7 Å². The lowest BCUT2D eigenvalue weighted by atomic mass is 10.0. The Morgan fingerprint density at radius 2 is 2.08 bits per heavy atom. The van der Waals surface area contributed by atoms with E-state index in [1.165, 1.54) is 0 Å². The molecule has 3 rings (SSSR count). The predicted octanol–water partition coefficient (Wildman–Crippen LogP) is 3.27. The van der Waals surface area contributed by atoms with Gasteiger partial charge in [0.2, 0.25) is 11.8 Å². The lowest BCUT2D eigenvalue weighted by Crippen LogP contribution is -2.41. The number of hydrogen-bond donors (Lipinski definition) is 2. The van der Waals surface area contributed by atoms with Gasteiger partial charge in [-0.15, -0.1) is 0 Å². The van der Waals surface area contributed by atoms with Crippen molar-refractivity contribution in [2.75, 3.05) is 6.54 Å². The zero-order chi connectivity index (χ0) is 17.2. The molecule has 1 heterocycles. The van der Waals surface area contributed by atoms with Crippen LogP contribution < -0.4 is 5.32 Å². The number of halogens is 1. The quantitative estimate of drug-likeness (QED) is 0.869. The van der Waals surface area contributed by atoms with E-state index in [1.54, 1.807) is 13.0 Å². The second-order valence-electron chi connectivity index (χ2n) is 6.39. The van der Waals surface area contributed by atoms with E-state index in [2.05, 4.69) is 10.3 Å². The highest BCUT2D eigenvalue weighted by Gasteiger charge is 2.31. The van der Waals surface area contributed by atoms with E-state index < -0.39 is 5.60 Å². The van der Waals surface area contributed by atoms with Crippen molar-refractivity contribution in [3.63, 3.8) is 0 Å². The van der Waals surface area contributed by atoms with Crippen molar-refractivity contribution in [1.29, 1.82) is 0 Å². The molecule has 6 heteroatoms. The number of aromatic nitrogens is 1. The third-order valence-corrected chi connectivity index (χ3v) is 4.80. The molecule has 0 atom stereocenters. The van der Waals surface area contributed by atoms with Crippen LogP contribution >= 0.6 is 11.6 Å². The molecule has 1 aliphatic rings. The first kappa shape index (κ1) is 17.0. The van der Waals surface area contributed by atoms with Crippen LogP contribution in [0.4, 0.5) is 0 Å². The van der Waals surface area contributed by atoms with Gasteiger partial charge in [-0.3, -0.25) is 4.79 Å². The Hall–Kier alpha value is -1.85. The van der Waals surface area contributed by atoms with Gasteiger partial charge in [0.15, 0.2) is 0 Å². The molecule has 1 fully saturated rings. The molecule has 0 aliphatic heterocycles.